The highest BCUT2D eigenvalue weighted by atomic mass is 35.5. The van der Waals surface area contributed by atoms with Crippen LogP contribution in [-0.2, 0) is 4.79 Å². The first kappa shape index (κ1) is 12.2. The van der Waals surface area contributed by atoms with Crippen molar-refractivity contribution in [3.05, 3.63) is 28.2 Å². The number of likely N-dealkylation sites (N-methyl/N-ethyl adjacent to an activating group) is 1. The van der Waals surface area contributed by atoms with Gasteiger partial charge >= 0.3 is 6.03 Å². The Balaban J connectivity index is 2.39. The Hall–Kier alpha value is -1.26. The normalized spacial score (nSPS) is 15.9. The van der Waals surface area contributed by atoms with Crippen LogP contribution in [0.3, 0.4) is 0 Å². The number of hydrogen-bond donors (Lipinski definition) is 0. The zero-order chi connectivity index (χ0) is 12.6. The number of benzene rings is 1. The van der Waals surface area contributed by atoms with E-state index in [0.717, 1.165) is 4.90 Å². The smallest absolute Gasteiger partial charge is 0.315 e. The predicted molar refractivity (Wildman–Crippen MR) is 66.6 cm³/mol. The summed E-state index contributed by atoms with van der Waals surface area (Å²) in [6.07, 6.45) is 0. The quantitative estimate of drug-likeness (QED) is 0.777. The van der Waals surface area contributed by atoms with E-state index in [2.05, 4.69) is 0 Å². The van der Waals surface area contributed by atoms with Gasteiger partial charge in [0.25, 0.3) is 5.91 Å². The van der Waals surface area contributed by atoms with Gasteiger partial charge in [-0.2, -0.15) is 0 Å². The van der Waals surface area contributed by atoms with Gasteiger partial charge in [-0.25, -0.2) is 9.69 Å². The number of urea groups is 1. The van der Waals surface area contributed by atoms with Gasteiger partial charge < -0.3 is 4.90 Å². The molecule has 6 heteroatoms. The maximum Gasteiger partial charge on any atom is 0.331 e. The molecule has 1 aromatic carbocycles. The Kier molecular flexibility index (Phi) is 3.26. The molecular formula is C11H10Cl2N2O2. The van der Waals surface area contributed by atoms with E-state index in [4.69, 9.17) is 23.2 Å². The van der Waals surface area contributed by atoms with Crippen molar-refractivity contribution < 1.29 is 9.59 Å². The third kappa shape index (κ3) is 2.23. The molecule has 0 aromatic heterocycles. The van der Waals surface area contributed by atoms with Gasteiger partial charge in [-0.3, -0.25) is 4.79 Å². The fourth-order valence-electron chi connectivity index (χ4n) is 1.72. The Morgan fingerprint density at radius 2 is 1.76 bits per heavy atom. The zero-order valence-electron chi connectivity index (χ0n) is 9.11. The van der Waals surface area contributed by atoms with Crippen LogP contribution in [0.25, 0.3) is 0 Å². The van der Waals surface area contributed by atoms with E-state index in [1.54, 1.807) is 18.2 Å². The van der Waals surface area contributed by atoms with E-state index < -0.39 is 0 Å². The van der Waals surface area contributed by atoms with Crippen LogP contribution in [0.2, 0.25) is 10.0 Å². The first-order chi connectivity index (χ1) is 8.02. The number of halogens is 2. The van der Waals surface area contributed by atoms with E-state index in [-0.39, 0.29) is 18.5 Å². The number of rotatable bonds is 2. The largest absolute Gasteiger partial charge is 0.331 e. The highest BCUT2D eigenvalue weighted by Gasteiger charge is 2.36. The summed E-state index contributed by atoms with van der Waals surface area (Å²) in [7, 11) is 0. The van der Waals surface area contributed by atoms with Crippen LogP contribution < -0.4 is 4.90 Å². The van der Waals surface area contributed by atoms with Gasteiger partial charge in [0.1, 0.15) is 6.54 Å². The molecule has 1 fully saturated rings. The summed E-state index contributed by atoms with van der Waals surface area (Å²) in [5.74, 6) is -0.268. The molecule has 0 aliphatic carbocycles. The lowest BCUT2D eigenvalue weighted by Crippen LogP contribution is -2.32. The van der Waals surface area contributed by atoms with E-state index in [1.165, 1.54) is 4.90 Å². The van der Waals surface area contributed by atoms with E-state index in [9.17, 15) is 9.59 Å². The Bertz CT molecular complexity index is 470. The number of hydrogen-bond acceptors (Lipinski definition) is 2. The number of anilines is 1. The molecule has 3 amide bonds. The van der Waals surface area contributed by atoms with Crippen LogP contribution in [0.5, 0.6) is 0 Å². The fraction of sp³-hybridized carbons (Fsp3) is 0.273. The molecule has 4 nitrogen and oxygen atoms in total. The number of nitrogens with zero attached hydrogens (tertiary/aromatic N) is 2. The van der Waals surface area contributed by atoms with E-state index in [0.29, 0.717) is 22.3 Å². The second-order valence-electron chi connectivity index (χ2n) is 3.65. The van der Waals surface area contributed by atoms with Gasteiger partial charge in [0.15, 0.2) is 0 Å². The maximum absolute atomic E-state index is 11.9. The van der Waals surface area contributed by atoms with Gasteiger partial charge in [-0.15, -0.1) is 0 Å². The SMILES string of the molecule is CCN1CC(=O)N(c2cc(Cl)cc(Cl)c2)C1=O. The Morgan fingerprint density at radius 1 is 1.18 bits per heavy atom. The van der Waals surface area contributed by atoms with Gasteiger partial charge in [0.05, 0.1) is 5.69 Å². The molecule has 1 aromatic rings. The van der Waals surface area contributed by atoms with Gasteiger partial charge in [0.2, 0.25) is 0 Å². The Morgan fingerprint density at radius 3 is 2.24 bits per heavy atom. The molecule has 0 spiro atoms. The molecule has 0 saturated carbocycles. The molecule has 1 saturated heterocycles. The van der Waals surface area contributed by atoms with Crippen LogP contribution in [0, 0.1) is 0 Å². The topological polar surface area (TPSA) is 40.6 Å². The summed E-state index contributed by atoms with van der Waals surface area (Å²) in [5, 5.41) is 0.783. The van der Waals surface area contributed by atoms with E-state index >= 15 is 0 Å². The molecule has 0 bridgehead atoms. The van der Waals surface area contributed by atoms with Gasteiger partial charge in [-0.05, 0) is 25.1 Å². The third-order valence-corrected chi connectivity index (χ3v) is 2.96. The molecule has 90 valence electrons. The summed E-state index contributed by atoms with van der Waals surface area (Å²) >= 11 is 11.7. The molecular weight excluding hydrogens is 263 g/mol. The summed E-state index contributed by atoms with van der Waals surface area (Å²) in [4.78, 5) is 26.2. The second kappa shape index (κ2) is 4.55. The number of amides is 3. The second-order valence-corrected chi connectivity index (χ2v) is 4.53. The van der Waals surface area contributed by atoms with Crippen LogP contribution in [0.4, 0.5) is 10.5 Å². The molecule has 0 radical (unpaired) electrons. The average Bonchev–Trinajstić information content (AvgIpc) is 2.52. The summed E-state index contributed by atoms with van der Waals surface area (Å²) in [5.41, 5.74) is 0.411. The zero-order valence-corrected chi connectivity index (χ0v) is 10.6. The van der Waals surface area contributed by atoms with Crippen molar-refractivity contribution in [2.45, 2.75) is 6.92 Å². The summed E-state index contributed by atoms with van der Waals surface area (Å²) in [6.45, 7) is 2.41. The molecule has 0 atom stereocenters. The molecule has 0 N–H and O–H groups in total. The minimum Gasteiger partial charge on any atom is -0.315 e. The van der Waals surface area contributed by atoms with Crippen molar-refractivity contribution in [3.8, 4) is 0 Å². The lowest BCUT2D eigenvalue weighted by molar-refractivity contribution is -0.116. The van der Waals surface area contributed by atoms with Crippen LogP contribution in [0.1, 0.15) is 6.92 Å². The Labute approximate surface area is 109 Å². The van der Waals surface area contributed by atoms with E-state index in [1.807, 2.05) is 6.92 Å². The standard InChI is InChI=1S/C11H10Cl2N2O2/c1-2-14-6-10(16)15(11(14)17)9-4-7(12)3-8(13)5-9/h3-5H,2,6H2,1H3. The van der Waals surface area contributed by atoms with Crippen molar-refractivity contribution in [1.29, 1.82) is 0 Å². The minimum atomic E-state index is -0.337. The van der Waals surface area contributed by atoms with Crippen molar-refractivity contribution in [2.24, 2.45) is 0 Å². The van der Waals surface area contributed by atoms with Gasteiger partial charge in [-0.1, -0.05) is 23.2 Å². The third-order valence-electron chi connectivity index (χ3n) is 2.52. The molecule has 17 heavy (non-hydrogen) atoms. The molecule has 1 heterocycles. The lowest BCUT2D eigenvalue weighted by atomic mass is 10.3. The first-order valence-corrected chi connectivity index (χ1v) is 5.86. The predicted octanol–water partition coefficient (Wildman–Crippen LogP) is 2.78. The van der Waals surface area contributed by atoms with Crippen LogP contribution >= 0.6 is 23.2 Å². The molecule has 1 aliphatic rings. The van der Waals surface area contributed by atoms with Crippen molar-refractivity contribution in [2.75, 3.05) is 18.0 Å². The van der Waals surface area contributed by atoms with Crippen molar-refractivity contribution in [1.82, 2.24) is 4.90 Å². The molecule has 1 aliphatic heterocycles. The summed E-state index contributed by atoms with van der Waals surface area (Å²) in [6, 6.07) is 4.30. The van der Waals surface area contributed by atoms with Crippen LogP contribution in [0.15, 0.2) is 18.2 Å². The fourth-order valence-corrected chi connectivity index (χ4v) is 2.23. The van der Waals surface area contributed by atoms with Crippen molar-refractivity contribution in [3.63, 3.8) is 0 Å². The van der Waals surface area contributed by atoms with Crippen molar-refractivity contribution >= 4 is 40.8 Å². The lowest BCUT2D eigenvalue weighted by Gasteiger charge is -2.16. The average molecular weight is 273 g/mol. The highest BCUT2D eigenvalue weighted by molar-refractivity contribution is 6.35. The van der Waals surface area contributed by atoms with Crippen LogP contribution in [-0.4, -0.2) is 29.9 Å². The number of imide groups is 1. The molecule has 0 unspecified atom stereocenters. The first-order valence-electron chi connectivity index (χ1n) is 5.11. The summed E-state index contributed by atoms with van der Waals surface area (Å²) < 4.78 is 0. The monoisotopic (exact) mass is 272 g/mol. The minimum absolute atomic E-state index is 0.0967. The highest BCUT2D eigenvalue weighted by Crippen LogP contribution is 2.28. The molecule has 2 rings (SSSR count). The number of carbonyl (C=O) groups excluding carboxylic acids is 2. The maximum atomic E-state index is 11.9. The van der Waals surface area contributed by atoms with Gasteiger partial charge in [0, 0.05) is 16.6 Å². The number of carbonyl (C=O) groups is 2.